The van der Waals surface area contributed by atoms with Crippen molar-refractivity contribution >= 4 is 29.7 Å². The molecule has 5 rings (SSSR count). The molecule has 15 heteroatoms. The van der Waals surface area contributed by atoms with Crippen LogP contribution in [0.5, 0.6) is 5.75 Å². The lowest BCUT2D eigenvalue weighted by Gasteiger charge is -2.48. The third kappa shape index (κ3) is 8.86. The maximum atomic E-state index is 14.3. The van der Waals surface area contributed by atoms with E-state index in [2.05, 4.69) is 0 Å². The molecule has 0 bridgehead atoms. The molecule has 4 aliphatic rings. The lowest BCUT2D eigenvalue weighted by Crippen LogP contribution is -2.60. The van der Waals surface area contributed by atoms with Gasteiger partial charge >= 0.3 is 18.1 Å². The Hall–Kier alpha value is -4.05. The Morgan fingerprint density at radius 1 is 0.947 bits per heavy atom. The summed E-state index contributed by atoms with van der Waals surface area (Å²) in [6, 6.07) is 6.21. The Balaban J connectivity index is 1.63. The molecule has 15 nitrogen and oxygen atoms in total. The molecule has 0 amide bonds. The van der Waals surface area contributed by atoms with Gasteiger partial charge in [0.2, 0.25) is 0 Å². The first-order valence-electron chi connectivity index (χ1n) is 19.6. The Kier molecular flexibility index (Phi) is 13.5. The van der Waals surface area contributed by atoms with Crippen molar-refractivity contribution in [3.63, 3.8) is 0 Å². The van der Waals surface area contributed by atoms with Crippen LogP contribution >= 0.6 is 0 Å². The number of nitrogens with zero attached hydrogens (tertiary/aromatic N) is 1. The van der Waals surface area contributed by atoms with Gasteiger partial charge in [-0.05, 0) is 72.8 Å². The summed E-state index contributed by atoms with van der Waals surface area (Å²) in [5.74, 6) is -5.42. The van der Waals surface area contributed by atoms with Gasteiger partial charge in [-0.1, -0.05) is 33.8 Å². The minimum absolute atomic E-state index is 0.0969. The van der Waals surface area contributed by atoms with Crippen LogP contribution in [-0.4, -0.2) is 123 Å². The zero-order chi connectivity index (χ0) is 42.1. The number of allylic oxidation sites excluding steroid dienone is 1. The molecule has 316 valence electrons. The van der Waals surface area contributed by atoms with Gasteiger partial charge in [-0.15, -0.1) is 0 Å². The highest BCUT2D eigenvalue weighted by Crippen LogP contribution is 2.58. The average molecular weight is 802 g/mol. The number of ether oxygens (including phenoxy) is 9. The van der Waals surface area contributed by atoms with E-state index < -0.39 is 95.7 Å². The monoisotopic (exact) mass is 801 g/mol. The number of ketones is 2. The van der Waals surface area contributed by atoms with E-state index in [4.69, 9.17) is 42.6 Å². The van der Waals surface area contributed by atoms with E-state index in [0.717, 1.165) is 0 Å². The molecule has 4 fully saturated rings. The Morgan fingerprint density at radius 2 is 1.65 bits per heavy atom. The third-order valence-electron chi connectivity index (χ3n) is 12.3. The number of rotatable bonds is 10. The first-order valence-corrected chi connectivity index (χ1v) is 19.6. The maximum Gasteiger partial charge on any atom is 0.509 e. The van der Waals surface area contributed by atoms with Crippen molar-refractivity contribution in [2.45, 2.75) is 128 Å². The van der Waals surface area contributed by atoms with E-state index in [1.54, 1.807) is 59.7 Å². The van der Waals surface area contributed by atoms with Crippen LogP contribution < -0.4 is 4.74 Å². The molecule has 1 unspecified atom stereocenters. The highest BCUT2D eigenvalue weighted by atomic mass is 16.8. The minimum atomic E-state index is -1.36. The lowest BCUT2D eigenvalue weighted by atomic mass is 9.75. The van der Waals surface area contributed by atoms with Gasteiger partial charge in [-0.2, -0.15) is 0 Å². The van der Waals surface area contributed by atoms with Crippen molar-refractivity contribution in [1.29, 1.82) is 0 Å². The summed E-state index contributed by atoms with van der Waals surface area (Å²) in [4.78, 5) is 69.1. The highest BCUT2D eigenvalue weighted by molar-refractivity contribution is 5.90. The van der Waals surface area contributed by atoms with Crippen molar-refractivity contribution in [3.8, 4) is 5.75 Å². The highest BCUT2D eigenvalue weighted by Gasteiger charge is 2.78. The van der Waals surface area contributed by atoms with Crippen LogP contribution in [0.25, 0.3) is 0 Å². The summed E-state index contributed by atoms with van der Waals surface area (Å²) in [6.45, 7) is 13.7. The van der Waals surface area contributed by atoms with Gasteiger partial charge in [-0.3, -0.25) is 14.4 Å². The molecule has 3 saturated heterocycles. The van der Waals surface area contributed by atoms with Crippen LogP contribution in [0.3, 0.4) is 0 Å². The molecule has 1 aromatic carbocycles. The average Bonchev–Trinajstić information content (AvgIpc) is 3.52. The molecule has 1 aliphatic carbocycles. The standard InChI is InChI=1S/C42H59NO14/c1-21-20-41(8,50-12)34(55-39-33(51-17-16-22(2)44)30(43(9)10)18-23(3)52-39)25(5)32(53-38(47)28-14-13-15-29(19-28)49-11)26(6)37(46)54-36-27(7)42(36)35(24(4)31(21)45)56-40(48)57-42/h13-17,19,21,23-27,30,32-36,39H,18,20H2,1-12H3/b17-16+/t21-,23-,24+,25+,26-,27?,30+,32+,33+,34-,35-,36-,39+,41+,42+/m1/s1. The smallest absolute Gasteiger partial charge is 0.497 e. The molecule has 1 aromatic rings. The van der Waals surface area contributed by atoms with Gasteiger partial charge in [0.05, 0.1) is 54.6 Å². The molecule has 0 N–H and O–H groups in total. The van der Waals surface area contributed by atoms with Gasteiger partial charge in [0, 0.05) is 30.9 Å². The van der Waals surface area contributed by atoms with Gasteiger partial charge < -0.3 is 47.5 Å². The number of esters is 2. The topological polar surface area (TPSA) is 172 Å². The Labute approximate surface area is 334 Å². The molecule has 3 aliphatic heterocycles. The number of benzene rings is 1. The summed E-state index contributed by atoms with van der Waals surface area (Å²) in [7, 11) is 6.79. The fourth-order valence-corrected chi connectivity index (χ4v) is 8.95. The zero-order valence-corrected chi connectivity index (χ0v) is 35.0. The van der Waals surface area contributed by atoms with Gasteiger partial charge in [0.1, 0.15) is 17.6 Å². The second-order valence-corrected chi connectivity index (χ2v) is 16.6. The fraction of sp³-hybridized carbons (Fsp3) is 0.690. The Bertz CT molecular complexity index is 1700. The van der Waals surface area contributed by atoms with E-state index in [9.17, 15) is 24.0 Å². The summed E-state index contributed by atoms with van der Waals surface area (Å²) in [5.41, 5.74) is -2.49. The number of hydrogen-bond acceptors (Lipinski definition) is 15. The number of methoxy groups -OCH3 is 2. The van der Waals surface area contributed by atoms with Gasteiger partial charge in [0.25, 0.3) is 0 Å². The second kappa shape index (κ2) is 17.4. The summed E-state index contributed by atoms with van der Waals surface area (Å²) < 4.78 is 55.0. The molecular formula is C42H59NO14. The van der Waals surface area contributed by atoms with Crippen molar-refractivity contribution in [2.75, 3.05) is 28.3 Å². The predicted octanol–water partition coefficient (Wildman–Crippen LogP) is 4.92. The van der Waals surface area contributed by atoms with E-state index in [-0.39, 0.29) is 35.7 Å². The second-order valence-electron chi connectivity index (χ2n) is 16.6. The van der Waals surface area contributed by atoms with E-state index >= 15 is 0 Å². The zero-order valence-electron chi connectivity index (χ0n) is 35.0. The van der Waals surface area contributed by atoms with Crippen molar-refractivity contribution in [1.82, 2.24) is 4.90 Å². The number of Topliss-reactive ketones (excluding diaryl/α,β-unsaturated/α-hetero) is 1. The molecule has 1 saturated carbocycles. The third-order valence-corrected chi connectivity index (χ3v) is 12.3. The van der Waals surface area contributed by atoms with Crippen LogP contribution in [0.1, 0.15) is 78.6 Å². The minimum Gasteiger partial charge on any atom is -0.497 e. The first-order chi connectivity index (χ1) is 26.8. The number of likely N-dealkylation sites (N-methyl/N-ethyl adjacent to an activating group) is 1. The van der Waals surface area contributed by atoms with Crippen LogP contribution in [0.2, 0.25) is 0 Å². The van der Waals surface area contributed by atoms with Crippen LogP contribution in [0, 0.1) is 29.6 Å². The number of carbonyl (C=O) groups excluding carboxylic acids is 5. The number of hydrogen-bond donors (Lipinski definition) is 0. The molecule has 15 atom stereocenters. The fourth-order valence-electron chi connectivity index (χ4n) is 8.95. The van der Waals surface area contributed by atoms with Crippen molar-refractivity contribution < 1.29 is 66.6 Å². The molecule has 1 spiro atoms. The van der Waals surface area contributed by atoms with Crippen LogP contribution in [0.4, 0.5) is 4.79 Å². The lowest BCUT2D eigenvalue weighted by molar-refractivity contribution is -0.301. The van der Waals surface area contributed by atoms with E-state index in [1.807, 2.05) is 25.9 Å². The quantitative estimate of drug-likeness (QED) is 0.135. The number of carbonyl (C=O) groups is 5. The molecule has 0 radical (unpaired) electrons. The largest absolute Gasteiger partial charge is 0.509 e. The predicted molar refractivity (Wildman–Crippen MR) is 203 cm³/mol. The van der Waals surface area contributed by atoms with Crippen LogP contribution in [-0.2, 0) is 52.3 Å². The van der Waals surface area contributed by atoms with Crippen LogP contribution in [0.15, 0.2) is 36.6 Å². The van der Waals surface area contributed by atoms with Crippen molar-refractivity contribution in [2.24, 2.45) is 29.6 Å². The summed E-state index contributed by atoms with van der Waals surface area (Å²) in [6.07, 6.45) is -3.95. The van der Waals surface area contributed by atoms with Gasteiger partial charge in [-0.25, -0.2) is 9.59 Å². The maximum absolute atomic E-state index is 14.3. The summed E-state index contributed by atoms with van der Waals surface area (Å²) >= 11 is 0. The normalized spacial score (nSPS) is 39.9. The molecular weight excluding hydrogens is 742 g/mol. The molecule has 0 aromatic heterocycles. The first kappa shape index (κ1) is 44.1. The van der Waals surface area contributed by atoms with Gasteiger partial charge in [0.15, 0.2) is 36.0 Å². The van der Waals surface area contributed by atoms with E-state index in [1.165, 1.54) is 39.5 Å². The molecule has 57 heavy (non-hydrogen) atoms. The summed E-state index contributed by atoms with van der Waals surface area (Å²) in [5, 5.41) is 0. The van der Waals surface area contributed by atoms with Crippen molar-refractivity contribution in [3.05, 3.63) is 42.2 Å². The Morgan fingerprint density at radius 3 is 2.28 bits per heavy atom. The molecule has 3 heterocycles. The van der Waals surface area contributed by atoms with E-state index in [0.29, 0.717) is 12.2 Å². The SMILES string of the molecule is COc1cccc(C(=O)O[C@H]2[C@H](C)[C@@H](O[C@@H]3O[C@H](C)C[C@H](N(C)C)[C@@H]3O/C=C/C(C)=O)[C@@](C)(OC)C[C@@H](C)C(=O)[C@H](C)[C@H]3OC(=O)O[C@@]34C(C)[C@H]4OC(=O)[C@@H]2C)c1.